The van der Waals surface area contributed by atoms with Crippen LogP contribution in [-0.4, -0.2) is 174 Å². The van der Waals surface area contributed by atoms with Gasteiger partial charge in [0, 0.05) is 26.2 Å². The lowest BCUT2D eigenvalue weighted by Gasteiger charge is -2.35. The average molecular weight is 2280 g/mol. The molecule has 0 amide bonds. The molecule has 2 aliphatic heterocycles. The third kappa shape index (κ3) is 48.7. The van der Waals surface area contributed by atoms with E-state index in [1.165, 1.54) is 61.9 Å². The van der Waals surface area contributed by atoms with Crippen LogP contribution in [0.1, 0.15) is 106 Å². The molecular formula is C70H82F27N3O24S13. The number of piperidine rings is 1. The lowest BCUT2D eigenvalue weighted by molar-refractivity contribution is -0.777. The minimum atomic E-state index is -7.96. The van der Waals surface area contributed by atoms with Crippen LogP contribution in [0.3, 0.4) is 0 Å². The molecule has 137 heavy (non-hydrogen) atoms. The number of alkyl halides is 24. The zero-order chi connectivity index (χ0) is 105. The van der Waals surface area contributed by atoms with Crippen molar-refractivity contribution in [2.45, 2.75) is 170 Å². The summed E-state index contributed by atoms with van der Waals surface area (Å²) in [6.45, 7) is -6.18. The monoisotopic (exact) mass is 2280 g/mol. The average Bonchev–Trinajstić information content (AvgIpc) is 0.713. The second kappa shape index (κ2) is 61.1. The highest BCUT2D eigenvalue weighted by Gasteiger charge is 2.82. The summed E-state index contributed by atoms with van der Waals surface area (Å²) >= 11 is 9.68. The zero-order valence-corrected chi connectivity index (χ0v) is 80.2. The summed E-state index contributed by atoms with van der Waals surface area (Å²) in [6.07, 6.45) is 12.8. The van der Waals surface area contributed by atoms with E-state index in [-0.39, 0.29) is 38.0 Å². The van der Waals surface area contributed by atoms with Crippen molar-refractivity contribution in [1.82, 2.24) is 8.61 Å². The highest BCUT2D eigenvalue weighted by atomic mass is 32.3. The smallest absolute Gasteiger partial charge is 0.488 e. The molecule has 6 aromatic carbocycles. The van der Waals surface area contributed by atoms with Crippen molar-refractivity contribution in [2.75, 3.05) is 59.4 Å². The van der Waals surface area contributed by atoms with Gasteiger partial charge in [-0.1, -0.05) is 154 Å². The van der Waals surface area contributed by atoms with Crippen LogP contribution < -0.4 is 24.1 Å². The summed E-state index contributed by atoms with van der Waals surface area (Å²) in [7, 11) is -36.3. The summed E-state index contributed by atoms with van der Waals surface area (Å²) in [6, 6.07) is 50.3. The van der Waals surface area contributed by atoms with Crippen LogP contribution in [0.4, 0.5) is 117 Å². The Bertz CT molecular complexity index is 4810. The number of morpholine rings is 1. The Kier molecular flexibility index (Phi) is 58.7. The van der Waals surface area contributed by atoms with Crippen LogP contribution in [0.5, 0.6) is 11.5 Å². The van der Waals surface area contributed by atoms with Crippen LogP contribution in [0.2, 0.25) is 0 Å². The van der Waals surface area contributed by atoms with Gasteiger partial charge in [-0.25, -0.2) is 30.0 Å². The molecule has 0 bridgehead atoms. The molecule has 0 N–H and O–H groups in total. The van der Waals surface area contributed by atoms with Crippen molar-refractivity contribution in [3.8, 4) is 11.5 Å². The van der Waals surface area contributed by atoms with Crippen molar-refractivity contribution in [1.29, 1.82) is 0 Å². The van der Waals surface area contributed by atoms with Crippen molar-refractivity contribution in [3.05, 3.63) is 185 Å². The molecule has 2 saturated heterocycles. The number of halogens is 27. The second-order valence-electron chi connectivity index (χ2n) is 26.4. The van der Waals surface area contributed by atoms with Crippen LogP contribution in [0, 0.1) is 0 Å². The summed E-state index contributed by atoms with van der Waals surface area (Å²) in [5.41, 5.74) is -4.93. The van der Waals surface area contributed by atoms with E-state index in [0.717, 1.165) is 91.7 Å². The first-order valence-electron chi connectivity index (χ1n) is 37.1. The quantitative estimate of drug-likeness (QED) is 0.00800. The van der Waals surface area contributed by atoms with Gasteiger partial charge < -0.3 is 33.0 Å². The number of benzene rings is 6. The van der Waals surface area contributed by atoms with E-state index < -0.39 is 179 Å². The van der Waals surface area contributed by atoms with Gasteiger partial charge in [-0.3, -0.25) is 15.1 Å². The maximum absolute atomic E-state index is 14.1. The number of sulfonamides is 2. The highest BCUT2D eigenvalue weighted by molar-refractivity contribution is 8.13. The fraction of sp³-hybridized carbons (Fsp3) is 0.486. The molecule has 6 aromatic rings. The fourth-order valence-electron chi connectivity index (χ4n) is 9.65. The number of ether oxygens (including phenoxy) is 1. The minimum absolute atomic E-state index is 0.0100. The lowest BCUT2D eigenvalue weighted by atomic mass is 9.84. The van der Waals surface area contributed by atoms with E-state index in [0.29, 0.717) is 28.7 Å². The Balaban J connectivity index is 0.00000157. The lowest BCUT2D eigenvalue weighted by Crippen LogP contribution is -2.61. The van der Waals surface area contributed by atoms with E-state index >= 15 is 0 Å². The van der Waals surface area contributed by atoms with Gasteiger partial charge in [-0.15, -0.1) is 0 Å². The predicted octanol–water partition coefficient (Wildman–Crippen LogP) is 15.8. The molecule has 788 valence electrons. The number of hydrogen-bond acceptors (Lipinski definition) is 27. The summed E-state index contributed by atoms with van der Waals surface area (Å²) in [5, 5.41) is 5.01. The van der Waals surface area contributed by atoms with Gasteiger partial charge in [0.1, 0.15) is 67.2 Å². The third-order valence-electron chi connectivity index (χ3n) is 16.5. The molecule has 2 saturated carbocycles. The fourth-order valence-corrected chi connectivity index (χ4v) is 16.1. The number of nitrogens with zero attached hydrogens (tertiary/aromatic N) is 3. The van der Waals surface area contributed by atoms with E-state index in [1.807, 2.05) is 133 Å². The first kappa shape index (κ1) is 132. The van der Waals surface area contributed by atoms with Crippen molar-refractivity contribution >= 4 is 148 Å². The van der Waals surface area contributed by atoms with Gasteiger partial charge in [-0.05, 0) is 185 Å². The van der Waals surface area contributed by atoms with Gasteiger partial charge in [-0.2, -0.15) is 147 Å². The molecule has 2 aliphatic carbocycles. The van der Waals surface area contributed by atoms with E-state index in [1.54, 1.807) is 0 Å². The highest BCUT2D eigenvalue weighted by Crippen LogP contribution is 2.54. The maximum atomic E-state index is 14.1. The van der Waals surface area contributed by atoms with E-state index in [9.17, 15) is 168 Å². The van der Waals surface area contributed by atoms with Gasteiger partial charge in [0.15, 0.2) is 40.1 Å². The topological polar surface area (TPSA) is 378 Å². The van der Waals surface area contributed by atoms with Crippen LogP contribution >= 0.6 is 36.1 Å². The van der Waals surface area contributed by atoms with E-state index in [4.69, 9.17) is 20.5 Å². The Morgan fingerprint density at radius 1 is 0.358 bits per heavy atom. The summed E-state index contributed by atoms with van der Waals surface area (Å²) in [5.74, 6) is -22.7. The first-order chi connectivity index (χ1) is 62.9. The van der Waals surface area contributed by atoms with Gasteiger partial charge in [0.2, 0.25) is 0 Å². The minimum Gasteiger partial charge on any atom is -0.691 e. The number of rotatable bonds is 29. The van der Waals surface area contributed by atoms with Crippen molar-refractivity contribution in [2.24, 2.45) is 0 Å². The van der Waals surface area contributed by atoms with Crippen LogP contribution in [0.15, 0.2) is 189 Å². The Labute approximate surface area is 802 Å². The normalized spacial score (nSPS) is 15.5. The third-order valence-corrected chi connectivity index (χ3v) is 26.4. The molecule has 4 fully saturated rings. The Morgan fingerprint density at radius 2 is 0.620 bits per heavy atom. The Morgan fingerprint density at radius 3 is 0.839 bits per heavy atom. The molecule has 67 heteroatoms. The zero-order valence-electron chi connectivity index (χ0n) is 68.9. The largest absolute Gasteiger partial charge is 0.691 e. The van der Waals surface area contributed by atoms with Crippen molar-refractivity contribution in [3.63, 3.8) is 0 Å². The molecule has 0 unspecified atom stereocenters. The van der Waals surface area contributed by atoms with Crippen LogP contribution in [0.25, 0.3) is 4.13 Å². The molecule has 0 spiro atoms. The second-order valence-corrected chi connectivity index (χ2v) is 39.9. The van der Waals surface area contributed by atoms with Gasteiger partial charge in [0.05, 0.1) is 13.2 Å². The molecule has 2 heterocycles. The van der Waals surface area contributed by atoms with Crippen molar-refractivity contribution < 1.29 is 225 Å². The Hall–Kier alpha value is -5.34. The molecule has 0 radical (unpaired) electrons. The molecule has 4 aliphatic rings. The molecule has 27 nitrogen and oxygen atoms in total. The van der Waals surface area contributed by atoms with Gasteiger partial charge in [0.25, 0.3) is 0 Å². The predicted molar refractivity (Wildman–Crippen MR) is 451 cm³/mol. The molecule has 10 rings (SSSR count). The van der Waals surface area contributed by atoms with E-state index in [2.05, 4.69) is 87.0 Å². The first-order valence-corrected chi connectivity index (χ1v) is 49.6. The maximum Gasteiger partial charge on any atom is 0.488 e. The van der Waals surface area contributed by atoms with Crippen LogP contribution in [-0.2, 0) is 145 Å². The summed E-state index contributed by atoms with van der Waals surface area (Å²) < 4.78 is 487. The molecular weight excluding hydrogens is 2200 g/mol. The molecule has 0 atom stereocenters. The summed E-state index contributed by atoms with van der Waals surface area (Å²) in [4.78, 5) is 4.51. The SMILES string of the molecule is O=S(=O)(F)N1CCCCC1.O=S(=O)(F)N1CCOCC1.O=S(=O)(F)Oc1ccc(C2CCCCC2)cc1.O=S(=O)([N-]S(=O)(=O)C(F)(F)C(F)(F)C(F)(F)S(=O)(=O)Oc1ccc(C2CCCCC2)cc1)C(F)(F)F.[O-]OOSC(F)(F)C(F)(F)CF.[O-]OOSC(F)(F)C(F)(F)CF.[O-]OOSC(F)(F)C(F)(F)CF.[SH2+]c1ccccc1.[SH2+]c1ccccc1.[SH2+]c1ccccc1.[SH2+]c1ccccc1. The van der Waals surface area contributed by atoms with Gasteiger partial charge >= 0.3 is 96.9 Å². The molecule has 0 aromatic heterocycles. The number of hydrogen-bond donors (Lipinski definition) is 0. The standard InChI is InChI=1S/C16H15F9NO7S3.C12H15FO3S.4C6H6S.C5H10FNO2S.C4H8FNO3S.3C3H3F5O3S/c17-13(18,14(19,20)34(27,28)26-35(29,30)16(23,24)25)15(21,22)36(31,32)33-12-8-6-11(7-9-12)10-4-2-1-3-5-10;13-17(14,15)16-12-8-6-11(7-9-12)10-4-2-1-3-5-10;4*7-6-4-2-1-3-5-6;6-10(8,9)7-4-2-1-3-5-7;5-10(7,8)6-1-3-9-4-2-6;3*4-1-2(5,6)3(7,8)12-11-10-9/h6-10H,1-5H2;6-10H,1-5H2;4*1-5,7H;1-5H2;1-4H2;3*9H,1H2/q-1;;;;;;;;;;/p+1.